The summed E-state index contributed by atoms with van der Waals surface area (Å²) in [5, 5.41) is 14.7. The summed E-state index contributed by atoms with van der Waals surface area (Å²) in [6.07, 6.45) is 6.05. The van der Waals surface area contributed by atoms with Gasteiger partial charge in [0.2, 0.25) is 0 Å². The Morgan fingerprint density at radius 2 is 2.06 bits per heavy atom. The van der Waals surface area contributed by atoms with Crippen molar-refractivity contribution in [2.75, 3.05) is 18.4 Å². The number of aryl methyl sites for hydroxylation is 1. The third kappa shape index (κ3) is 2.32. The van der Waals surface area contributed by atoms with Crippen LogP contribution < -0.4 is 10.6 Å². The second kappa shape index (κ2) is 4.69. The molecule has 1 aromatic heterocycles. The van der Waals surface area contributed by atoms with Gasteiger partial charge >= 0.3 is 0 Å². The molecule has 4 nitrogen and oxygen atoms in total. The molecule has 94 valence electrons. The Morgan fingerprint density at radius 1 is 1.24 bits per heavy atom. The Balaban J connectivity index is 1.72. The van der Waals surface area contributed by atoms with Crippen LogP contribution in [0, 0.1) is 5.92 Å². The zero-order chi connectivity index (χ0) is 11.7. The van der Waals surface area contributed by atoms with Crippen molar-refractivity contribution in [1.29, 1.82) is 0 Å². The minimum Gasteiger partial charge on any atom is -0.366 e. The molecule has 1 atom stereocenters. The molecular formula is C13H22N4. The van der Waals surface area contributed by atoms with E-state index in [4.69, 9.17) is 0 Å². The SMILES string of the molecule is CC1CCc2[nH]nc(NC3CCNCC3)c2C1. The Hall–Kier alpha value is -1.03. The van der Waals surface area contributed by atoms with Crippen LogP contribution in [0.25, 0.3) is 0 Å². The maximum absolute atomic E-state index is 4.47. The van der Waals surface area contributed by atoms with Crippen molar-refractivity contribution < 1.29 is 0 Å². The van der Waals surface area contributed by atoms with Crippen LogP contribution in [0.3, 0.4) is 0 Å². The molecule has 0 saturated carbocycles. The van der Waals surface area contributed by atoms with Gasteiger partial charge in [-0.1, -0.05) is 6.92 Å². The number of aromatic amines is 1. The first-order valence-corrected chi connectivity index (χ1v) is 6.86. The summed E-state index contributed by atoms with van der Waals surface area (Å²) in [4.78, 5) is 0. The topological polar surface area (TPSA) is 52.7 Å². The molecule has 1 unspecified atom stereocenters. The Kier molecular flexibility index (Phi) is 3.05. The zero-order valence-corrected chi connectivity index (χ0v) is 10.6. The number of hydrogen-bond acceptors (Lipinski definition) is 3. The van der Waals surface area contributed by atoms with Crippen LogP contribution in [-0.2, 0) is 12.8 Å². The smallest absolute Gasteiger partial charge is 0.151 e. The highest BCUT2D eigenvalue weighted by atomic mass is 15.2. The molecule has 2 aliphatic rings. The Bertz CT molecular complexity index is 379. The third-order valence-electron chi connectivity index (χ3n) is 4.07. The second-order valence-electron chi connectivity index (χ2n) is 5.55. The van der Waals surface area contributed by atoms with Gasteiger partial charge < -0.3 is 10.6 Å². The molecule has 4 heteroatoms. The van der Waals surface area contributed by atoms with Gasteiger partial charge in [0.1, 0.15) is 0 Å². The number of piperidine rings is 1. The lowest BCUT2D eigenvalue weighted by atomic mass is 9.88. The quantitative estimate of drug-likeness (QED) is 0.730. The van der Waals surface area contributed by atoms with E-state index in [2.05, 4.69) is 27.8 Å². The average Bonchev–Trinajstić information content (AvgIpc) is 2.73. The van der Waals surface area contributed by atoms with Crippen molar-refractivity contribution in [2.24, 2.45) is 5.92 Å². The molecule has 0 radical (unpaired) electrons. The van der Waals surface area contributed by atoms with Gasteiger partial charge in [-0.3, -0.25) is 5.10 Å². The lowest BCUT2D eigenvalue weighted by Crippen LogP contribution is -2.35. The first-order valence-electron chi connectivity index (χ1n) is 6.86. The predicted molar refractivity (Wildman–Crippen MR) is 69.3 cm³/mol. The molecule has 0 aromatic carbocycles. The number of nitrogens with zero attached hydrogens (tertiary/aromatic N) is 1. The Morgan fingerprint density at radius 3 is 2.88 bits per heavy atom. The van der Waals surface area contributed by atoms with Gasteiger partial charge in [0.05, 0.1) is 0 Å². The molecule has 1 fully saturated rings. The molecule has 17 heavy (non-hydrogen) atoms. The van der Waals surface area contributed by atoms with Crippen molar-refractivity contribution in [3.8, 4) is 0 Å². The molecule has 3 rings (SSSR count). The van der Waals surface area contributed by atoms with E-state index < -0.39 is 0 Å². The normalized spacial score (nSPS) is 25.6. The van der Waals surface area contributed by atoms with E-state index in [1.165, 1.54) is 36.9 Å². The maximum Gasteiger partial charge on any atom is 0.151 e. The molecule has 1 aliphatic heterocycles. The lowest BCUT2D eigenvalue weighted by molar-refractivity contribution is 0.475. The van der Waals surface area contributed by atoms with Crippen molar-refractivity contribution in [1.82, 2.24) is 15.5 Å². The zero-order valence-electron chi connectivity index (χ0n) is 10.6. The molecule has 3 N–H and O–H groups in total. The van der Waals surface area contributed by atoms with Crippen molar-refractivity contribution in [3.63, 3.8) is 0 Å². The van der Waals surface area contributed by atoms with Gasteiger partial charge in [0.25, 0.3) is 0 Å². The molecule has 0 bridgehead atoms. The summed E-state index contributed by atoms with van der Waals surface area (Å²) in [6.45, 7) is 4.59. The molecule has 1 aliphatic carbocycles. The summed E-state index contributed by atoms with van der Waals surface area (Å²) in [7, 11) is 0. The second-order valence-corrected chi connectivity index (χ2v) is 5.55. The summed E-state index contributed by atoms with van der Waals surface area (Å²) >= 11 is 0. The van der Waals surface area contributed by atoms with Crippen molar-refractivity contribution in [2.45, 2.75) is 45.1 Å². The lowest BCUT2D eigenvalue weighted by Gasteiger charge is -2.25. The number of aromatic nitrogens is 2. The number of nitrogens with one attached hydrogen (secondary N) is 3. The molecule has 0 amide bonds. The van der Waals surface area contributed by atoms with Crippen LogP contribution in [0.4, 0.5) is 5.82 Å². The summed E-state index contributed by atoms with van der Waals surface area (Å²) in [5.74, 6) is 1.92. The fraction of sp³-hybridized carbons (Fsp3) is 0.769. The van der Waals surface area contributed by atoms with E-state index in [0.717, 1.165) is 31.2 Å². The van der Waals surface area contributed by atoms with Crippen LogP contribution in [-0.4, -0.2) is 29.3 Å². The monoisotopic (exact) mass is 234 g/mol. The molecular weight excluding hydrogens is 212 g/mol. The van der Waals surface area contributed by atoms with E-state index in [9.17, 15) is 0 Å². The van der Waals surface area contributed by atoms with Gasteiger partial charge in [0.15, 0.2) is 5.82 Å². The molecule has 2 heterocycles. The number of fused-ring (bicyclic) bond motifs is 1. The number of hydrogen-bond donors (Lipinski definition) is 3. The van der Waals surface area contributed by atoms with Crippen molar-refractivity contribution >= 4 is 5.82 Å². The largest absolute Gasteiger partial charge is 0.366 e. The highest BCUT2D eigenvalue weighted by Gasteiger charge is 2.23. The van der Waals surface area contributed by atoms with E-state index in [0.29, 0.717) is 6.04 Å². The van der Waals surface area contributed by atoms with Crippen LogP contribution in [0.5, 0.6) is 0 Å². The third-order valence-corrected chi connectivity index (χ3v) is 4.07. The van der Waals surface area contributed by atoms with E-state index in [1.54, 1.807) is 0 Å². The van der Waals surface area contributed by atoms with Crippen LogP contribution in [0.15, 0.2) is 0 Å². The fourth-order valence-electron chi connectivity index (χ4n) is 2.95. The average molecular weight is 234 g/mol. The van der Waals surface area contributed by atoms with Crippen LogP contribution in [0.1, 0.15) is 37.4 Å². The number of H-pyrrole nitrogens is 1. The molecule has 1 aromatic rings. The molecule has 0 spiro atoms. The van der Waals surface area contributed by atoms with Gasteiger partial charge in [-0.25, -0.2) is 0 Å². The summed E-state index contributed by atoms with van der Waals surface area (Å²) < 4.78 is 0. The highest BCUT2D eigenvalue weighted by Crippen LogP contribution is 2.29. The highest BCUT2D eigenvalue weighted by molar-refractivity contribution is 5.48. The summed E-state index contributed by atoms with van der Waals surface area (Å²) in [5.41, 5.74) is 2.81. The van der Waals surface area contributed by atoms with Crippen LogP contribution in [0.2, 0.25) is 0 Å². The van der Waals surface area contributed by atoms with Gasteiger partial charge in [-0.15, -0.1) is 0 Å². The summed E-state index contributed by atoms with van der Waals surface area (Å²) in [6, 6.07) is 0.598. The van der Waals surface area contributed by atoms with Crippen molar-refractivity contribution in [3.05, 3.63) is 11.3 Å². The minimum absolute atomic E-state index is 0.598. The van der Waals surface area contributed by atoms with Gasteiger partial charge in [-0.05, 0) is 51.1 Å². The van der Waals surface area contributed by atoms with Crippen LogP contribution >= 0.6 is 0 Å². The molecule has 1 saturated heterocycles. The standard InChI is InChI=1S/C13H22N4/c1-9-2-3-12-11(8-9)13(17-16-12)15-10-4-6-14-7-5-10/h9-10,14H,2-8H2,1H3,(H2,15,16,17). The number of anilines is 1. The Labute approximate surface area is 103 Å². The minimum atomic E-state index is 0.598. The van der Waals surface area contributed by atoms with Gasteiger partial charge in [0, 0.05) is 17.3 Å². The van der Waals surface area contributed by atoms with Gasteiger partial charge in [-0.2, -0.15) is 5.10 Å². The maximum atomic E-state index is 4.47. The van der Waals surface area contributed by atoms with E-state index in [1.807, 2.05) is 0 Å². The number of rotatable bonds is 2. The first kappa shape index (κ1) is 11.1. The first-order chi connectivity index (χ1) is 8.33. The predicted octanol–water partition coefficient (Wildman–Crippen LogP) is 1.70. The van der Waals surface area contributed by atoms with E-state index in [-0.39, 0.29) is 0 Å². The fourth-order valence-corrected chi connectivity index (χ4v) is 2.95. The van der Waals surface area contributed by atoms with E-state index >= 15 is 0 Å².